The van der Waals surface area contributed by atoms with Gasteiger partial charge in [0, 0.05) is 61.0 Å². The lowest BCUT2D eigenvalue weighted by atomic mass is 9.44. The topological polar surface area (TPSA) is 215 Å². The summed E-state index contributed by atoms with van der Waals surface area (Å²) in [5.74, 6) is -1.15. The zero-order valence-corrected chi connectivity index (χ0v) is 42.9. The molecule has 24 atom stereocenters. The second-order valence-electron chi connectivity index (χ2n) is 21.9. The second-order valence-corrected chi connectivity index (χ2v) is 21.9. The van der Waals surface area contributed by atoms with Crippen LogP contribution in [0.25, 0.3) is 0 Å². The van der Waals surface area contributed by atoms with Gasteiger partial charge in [0.15, 0.2) is 30.9 Å². The van der Waals surface area contributed by atoms with E-state index in [1.165, 1.54) is 19.4 Å². The molecule has 3 saturated carbocycles. The summed E-state index contributed by atoms with van der Waals surface area (Å²) in [4.78, 5) is 25.5. The van der Waals surface area contributed by atoms with Gasteiger partial charge in [0.25, 0.3) is 0 Å². The molecular formula is C51H82O18. The van der Waals surface area contributed by atoms with Gasteiger partial charge in [-0.3, -0.25) is 9.59 Å². The predicted octanol–water partition coefficient (Wildman–Crippen LogP) is 4.43. The number of Topliss-reactive ketones (excluding diaryl/α,β-unsaturated/α-hetero) is 1. The lowest BCUT2D eigenvalue weighted by molar-refractivity contribution is -0.347. The van der Waals surface area contributed by atoms with Gasteiger partial charge in [0.05, 0.1) is 66.0 Å². The molecule has 4 saturated heterocycles. The maximum absolute atomic E-state index is 13.0. The van der Waals surface area contributed by atoms with E-state index in [-0.39, 0.29) is 54.5 Å². The summed E-state index contributed by atoms with van der Waals surface area (Å²) in [5, 5.41) is 35.0. The SMILES string of the molecule is CO[C@H]1C[C@H](O[C@H]2CC[C@@]3(C)C(=CC[C@@H]4[C@@H]3C[C@@H](OC(C)=O)[C@]3(C)[C@](O)(C(C)=O)CC[C@]43O)C2)O[C@H](C)[C@H]1O[C@@H]1C[C@@H](OC)[C@@H](O[C@H]2C[C@H](OC)[C@H](O[C@@H]3C[C@@H](OC)[C@@H](O)[C@H](C)O3)[C@@H](C)O2)[C@H](C)O1. The van der Waals surface area contributed by atoms with Crippen LogP contribution in [-0.2, 0) is 71.2 Å². The van der Waals surface area contributed by atoms with Crippen molar-refractivity contribution in [1.82, 2.24) is 0 Å². The van der Waals surface area contributed by atoms with Gasteiger partial charge in [-0.15, -0.1) is 0 Å². The van der Waals surface area contributed by atoms with Gasteiger partial charge in [0.1, 0.15) is 36.1 Å². The van der Waals surface area contributed by atoms with E-state index in [2.05, 4.69) is 13.0 Å². The molecule has 8 aliphatic rings. The minimum Gasteiger partial charge on any atom is -0.462 e. The lowest BCUT2D eigenvalue weighted by Gasteiger charge is -2.63. The Kier molecular flexibility index (Phi) is 16.2. The quantitative estimate of drug-likeness (QED) is 0.162. The minimum atomic E-state index is -1.80. The maximum atomic E-state index is 13.0. The van der Waals surface area contributed by atoms with E-state index < -0.39 is 115 Å². The number of hydrogen-bond acceptors (Lipinski definition) is 18. The van der Waals surface area contributed by atoms with E-state index in [0.29, 0.717) is 44.9 Å². The zero-order valence-electron chi connectivity index (χ0n) is 42.9. The summed E-state index contributed by atoms with van der Waals surface area (Å²) < 4.78 is 81.2. The highest BCUT2D eigenvalue weighted by Crippen LogP contribution is 2.69. The monoisotopic (exact) mass is 983 g/mol. The molecule has 0 aromatic rings. The first-order chi connectivity index (χ1) is 32.6. The van der Waals surface area contributed by atoms with Gasteiger partial charge in [-0.1, -0.05) is 25.5 Å². The molecule has 18 heteroatoms. The number of methoxy groups -OCH3 is 4. The molecule has 0 unspecified atom stereocenters. The van der Waals surface area contributed by atoms with E-state index in [1.54, 1.807) is 42.3 Å². The highest BCUT2D eigenvalue weighted by molar-refractivity contribution is 5.87. The predicted molar refractivity (Wildman–Crippen MR) is 244 cm³/mol. The number of carbonyl (C=O) groups excluding carboxylic acids is 2. The van der Waals surface area contributed by atoms with Crippen LogP contribution in [0, 0.1) is 22.7 Å². The number of esters is 1. The number of fused-ring (bicyclic) bond motifs is 5. The summed E-state index contributed by atoms with van der Waals surface area (Å²) >= 11 is 0. The normalized spacial score (nSPS) is 51.1. The molecule has 18 nitrogen and oxygen atoms in total. The third kappa shape index (κ3) is 9.67. The van der Waals surface area contributed by atoms with Crippen LogP contribution in [0.1, 0.15) is 126 Å². The Balaban J connectivity index is 0.852. The van der Waals surface area contributed by atoms with Crippen molar-refractivity contribution in [2.24, 2.45) is 22.7 Å². The summed E-state index contributed by atoms with van der Waals surface area (Å²) in [6, 6.07) is 0. The summed E-state index contributed by atoms with van der Waals surface area (Å²) in [5.41, 5.74) is -3.59. The second kappa shape index (κ2) is 20.9. The third-order valence-electron chi connectivity index (χ3n) is 18.3. The molecular weight excluding hydrogens is 901 g/mol. The molecule has 0 radical (unpaired) electrons. The largest absolute Gasteiger partial charge is 0.462 e. The van der Waals surface area contributed by atoms with Crippen molar-refractivity contribution in [2.45, 2.75) is 248 Å². The molecule has 4 heterocycles. The first kappa shape index (κ1) is 53.6. The number of aliphatic hydroxyl groups excluding tert-OH is 1. The molecule has 0 aromatic carbocycles. The van der Waals surface area contributed by atoms with Crippen LogP contribution in [0.4, 0.5) is 0 Å². The molecule has 7 fully saturated rings. The lowest BCUT2D eigenvalue weighted by Crippen LogP contribution is -2.71. The highest BCUT2D eigenvalue weighted by atomic mass is 16.8. The Morgan fingerprint density at radius 2 is 1.09 bits per heavy atom. The van der Waals surface area contributed by atoms with Crippen molar-refractivity contribution in [3.8, 4) is 0 Å². The average Bonchev–Trinajstić information content (AvgIpc) is 3.53. The maximum Gasteiger partial charge on any atom is 0.302 e. The van der Waals surface area contributed by atoms with Crippen LogP contribution in [0.2, 0.25) is 0 Å². The van der Waals surface area contributed by atoms with Crippen molar-refractivity contribution < 1.29 is 86.5 Å². The molecule has 4 aliphatic carbocycles. The van der Waals surface area contributed by atoms with E-state index in [1.807, 2.05) is 20.8 Å². The molecule has 0 amide bonds. The number of hydrogen-bond donors (Lipinski definition) is 3. The fourth-order valence-electron chi connectivity index (χ4n) is 14.2. The summed E-state index contributed by atoms with van der Waals surface area (Å²) in [6.07, 6.45) is -1.14. The van der Waals surface area contributed by atoms with Crippen molar-refractivity contribution in [2.75, 3.05) is 28.4 Å². The molecule has 0 spiro atoms. The van der Waals surface area contributed by atoms with Crippen LogP contribution in [0.15, 0.2) is 11.6 Å². The number of ketones is 1. The van der Waals surface area contributed by atoms with Gasteiger partial charge in [0.2, 0.25) is 0 Å². The van der Waals surface area contributed by atoms with E-state index in [0.717, 1.165) is 12.8 Å². The van der Waals surface area contributed by atoms with E-state index >= 15 is 0 Å². The van der Waals surface area contributed by atoms with E-state index in [4.69, 9.17) is 61.6 Å². The zero-order chi connectivity index (χ0) is 50.0. The Bertz CT molecular complexity index is 1840. The van der Waals surface area contributed by atoms with E-state index in [9.17, 15) is 24.9 Å². The number of carbonyl (C=O) groups is 2. The Morgan fingerprint density at radius 3 is 1.55 bits per heavy atom. The number of ether oxygens (including phenoxy) is 13. The Hall–Kier alpha value is -1.72. The van der Waals surface area contributed by atoms with Crippen molar-refractivity contribution >= 4 is 11.8 Å². The van der Waals surface area contributed by atoms with Crippen LogP contribution in [0.3, 0.4) is 0 Å². The van der Waals surface area contributed by atoms with Crippen LogP contribution in [-0.4, -0.2) is 177 Å². The molecule has 4 aliphatic heterocycles. The molecule has 69 heavy (non-hydrogen) atoms. The van der Waals surface area contributed by atoms with Crippen LogP contribution >= 0.6 is 0 Å². The molecule has 0 bridgehead atoms. The fraction of sp³-hybridized carbons (Fsp3) is 0.922. The van der Waals surface area contributed by atoms with Crippen LogP contribution in [0.5, 0.6) is 0 Å². The fourth-order valence-corrected chi connectivity index (χ4v) is 14.2. The Labute approximate surface area is 407 Å². The van der Waals surface area contributed by atoms with Gasteiger partial charge in [-0.2, -0.15) is 0 Å². The van der Waals surface area contributed by atoms with Gasteiger partial charge < -0.3 is 76.9 Å². The number of rotatable bonds is 14. The highest BCUT2D eigenvalue weighted by Gasteiger charge is 2.76. The summed E-state index contributed by atoms with van der Waals surface area (Å²) in [6.45, 7) is 14.3. The summed E-state index contributed by atoms with van der Waals surface area (Å²) in [7, 11) is 6.53. The third-order valence-corrected chi connectivity index (χ3v) is 18.3. The number of aliphatic hydroxyl groups is 3. The minimum absolute atomic E-state index is 0.0320. The molecule has 394 valence electrons. The number of allylic oxidation sites excluding steroid dienone is 1. The molecule has 3 N–H and O–H groups in total. The van der Waals surface area contributed by atoms with Gasteiger partial charge >= 0.3 is 5.97 Å². The average molecular weight is 983 g/mol. The van der Waals surface area contributed by atoms with Crippen molar-refractivity contribution in [3.63, 3.8) is 0 Å². The standard InChI is InChI=1S/C51H82O18/c1-25-44(54)35(57-9)21-41(61-25)67-46-27(3)63-43(23-37(46)59-11)69-47-28(4)64-42(24-38(47)60-12)68-45-26(2)62-40(22-36(45)58-10)66-32-15-16-48(7)31(19-32)13-14-33-34(48)20-39(65-30(6)53)49(8)50(55,29(5)52)17-18-51(33,49)56/h13,25-28,32-47,54-56H,14-24H2,1-12H3/t25-,26+,27+,28-,32-,33+,34-,35+,36-,37-,38+,39+,40-,41+,42+,43-,44-,45+,46+,47-,48-,49+,50+,51-/m0/s1. The molecule has 8 rings (SSSR count). The molecule has 0 aromatic heterocycles. The van der Waals surface area contributed by atoms with Crippen molar-refractivity contribution in [1.29, 1.82) is 0 Å². The van der Waals surface area contributed by atoms with Gasteiger partial charge in [-0.05, 0) is 96.8 Å². The first-order valence-electron chi connectivity index (χ1n) is 25.5. The van der Waals surface area contributed by atoms with Crippen LogP contribution < -0.4 is 0 Å². The van der Waals surface area contributed by atoms with Crippen molar-refractivity contribution in [3.05, 3.63) is 11.6 Å². The Morgan fingerprint density at radius 1 is 0.623 bits per heavy atom. The first-order valence-corrected chi connectivity index (χ1v) is 25.5. The van der Waals surface area contributed by atoms with Gasteiger partial charge in [-0.25, -0.2) is 0 Å². The smallest absolute Gasteiger partial charge is 0.302 e.